The van der Waals surface area contributed by atoms with Crippen LogP contribution in [0.2, 0.25) is 0 Å². The van der Waals surface area contributed by atoms with Gasteiger partial charge in [-0.1, -0.05) is 19.1 Å². The quantitative estimate of drug-likeness (QED) is 0.647. The number of nitrogens with zero attached hydrogens (tertiary/aromatic N) is 2. The van der Waals surface area contributed by atoms with E-state index in [1.807, 2.05) is 24.7 Å². The van der Waals surface area contributed by atoms with Gasteiger partial charge >= 0.3 is 0 Å². The summed E-state index contributed by atoms with van der Waals surface area (Å²) in [5, 5.41) is 9.38. The Morgan fingerprint density at radius 2 is 2.25 bits per heavy atom. The van der Waals surface area contributed by atoms with Gasteiger partial charge in [0, 0.05) is 35.3 Å². The van der Waals surface area contributed by atoms with Crippen molar-refractivity contribution in [2.45, 2.75) is 19.9 Å². The molecule has 0 amide bonds. The lowest BCUT2D eigenvalue weighted by Gasteiger charge is -2.21. The van der Waals surface area contributed by atoms with Crippen LogP contribution in [0.3, 0.4) is 0 Å². The zero-order valence-electron chi connectivity index (χ0n) is 11.8. The van der Waals surface area contributed by atoms with Gasteiger partial charge in [-0.15, -0.1) is 11.3 Å². The summed E-state index contributed by atoms with van der Waals surface area (Å²) >= 11 is 1.64. The van der Waals surface area contributed by atoms with Crippen LogP contribution < -0.4 is 5.73 Å². The molecule has 0 aromatic carbocycles. The van der Waals surface area contributed by atoms with E-state index in [0.717, 1.165) is 24.4 Å². The number of nitrogens with one attached hydrogen (secondary N) is 1. The van der Waals surface area contributed by atoms with E-state index in [4.69, 9.17) is 11.1 Å². The molecule has 20 heavy (non-hydrogen) atoms. The molecule has 0 fully saturated rings. The Morgan fingerprint density at radius 1 is 1.45 bits per heavy atom. The van der Waals surface area contributed by atoms with Gasteiger partial charge in [0.05, 0.1) is 6.54 Å². The molecule has 2 rings (SSSR count). The molecule has 0 radical (unpaired) electrons. The molecule has 3 N–H and O–H groups in total. The molecule has 1 aliphatic heterocycles. The topological polar surface area (TPSA) is 56.4 Å². The van der Waals surface area contributed by atoms with Crippen molar-refractivity contribution in [1.29, 1.82) is 5.41 Å². The van der Waals surface area contributed by atoms with Crippen LogP contribution in [-0.2, 0) is 6.54 Å². The molecule has 1 aliphatic rings. The van der Waals surface area contributed by atoms with Crippen LogP contribution in [0, 0.1) is 5.41 Å². The Bertz CT molecular complexity index is 568. The highest BCUT2D eigenvalue weighted by molar-refractivity contribution is 7.10. The van der Waals surface area contributed by atoms with Crippen molar-refractivity contribution >= 4 is 17.2 Å². The van der Waals surface area contributed by atoms with Crippen molar-refractivity contribution in [2.75, 3.05) is 7.05 Å². The summed E-state index contributed by atoms with van der Waals surface area (Å²) in [6, 6.07) is 1.98. The average molecular weight is 288 g/mol. The summed E-state index contributed by atoms with van der Waals surface area (Å²) in [6.45, 7) is 2.92. The lowest BCUT2D eigenvalue weighted by Crippen LogP contribution is -2.19. The summed E-state index contributed by atoms with van der Waals surface area (Å²) in [7, 11) is 2.04. The van der Waals surface area contributed by atoms with E-state index in [1.54, 1.807) is 11.3 Å². The maximum absolute atomic E-state index is 7.45. The Kier molecular flexibility index (Phi) is 4.63. The second-order valence-corrected chi connectivity index (χ2v) is 5.61. The van der Waals surface area contributed by atoms with Crippen LogP contribution >= 0.6 is 11.3 Å². The molecule has 1 aromatic rings. The molecule has 2 heterocycles. The number of amidine groups is 1. The third-order valence-electron chi connectivity index (χ3n) is 3.03. The van der Waals surface area contributed by atoms with Crippen LogP contribution in [0.1, 0.15) is 23.8 Å². The van der Waals surface area contributed by atoms with Crippen LogP contribution in [0.15, 0.2) is 47.9 Å². The first-order chi connectivity index (χ1) is 9.61. The minimum Gasteiger partial charge on any atom is -0.384 e. The summed E-state index contributed by atoms with van der Waals surface area (Å²) in [4.78, 5) is 5.48. The molecule has 0 unspecified atom stereocenters. The van der Waals surface area contributed by atoms with Gasteiger partial charge in [0.1, 0.15) is 11.7 Å². The van der Waals surface area contributed by atoms with Crippen LogP contribution in [0.4, 0.5) is 0 Å². The monoisotopic (exact) mass is 288 g/mol. The standard InChI is InChI=1S/C15H20N4S/c1-3-4-5-6-14-18(2)7-8-19(14)10-13-9-12(11-20-13)15(16)17/h4-9,11H,3,10H2,1-2H3,(H3,16,17)/b5-4+,14-6+. The first-order valence-corrected chi connectivity index (χ1v) is 7.46. The van der Waals surface area contributed by atoms with E-state index in [1.165, 1.54) is 4.88 Å². The van der Waals surface area contributed by atoms with Crippen molar-refractivity contribution in [2.24, 2.45) is 5.73 Å². The van der Waals surface area contributed by atoms with Gasteiger partial charge in [-0.25, -0.2) is 0 Å². The average Bonchev–Trinajstić information content (AvgIpc) is 3.00. The second kappa shape index (κ2) is 6.43. The maximum atomic E-state index is 7.45. The summed E-state index contributed by atoms with van der Waals surface area (Å²) in [5.41, 5.74) is 6.30. The van der Waals surface area contributed by atoms with Gasteiger partial charge < -0.3 is 15.5 Å². The van der Waals surface area contributed by atoms with Gasteiger partial charge in [-0.3, -0.25) is 5.41 Å². The minimum absolute atomic E-state index is 0.128. The minimum atomic E-state index is 0.128. The molecule has 0 saturated heterocycles. The Labute approximate surface area is 124 Å². The molecule has 0 aliphatic carbocycles. The van der Waals surface area contributed by atoms with Crippen molar-refractivity contribution in [3.63, 3.8) is 0 Å². The third kappa shape index (κ3) is 3.30. The fourth-order valence-electron chi connectivity index (χ4n) is 1.95. The molecule has 0 bridgehead atoms. The highest BCUT2D eigenvalue weighted by Crippen LogP contribution is 2.24. The molecular weight excluding hydrogens is 268 g/mol. The van der Waals surface area contributed by atoms with Gasteiger partial charge in [0.2, 0.25) is 0 Å². The second-order valence-electron chi connectivity index (χ2n) is 4.61. The number of hydrogen-bond donors (Lipinski definition) is 2. The first-order valence-electron chi connectivity index (χ1n) is 6.58. The Morgan fingerprint density at radius 3 is 2.90 bits per heavy atom. The maximum Gasteiger partial charge on any atom is 0.123 e. The molecular formula is C15H20N4S. The van der Waals surface area contributed by atoms with E-state index in [2.05, 4.69) is 41.2 Å². The summed E-state index contributed by atoms with van der Waals surface area (Å²) in [6.07, 6.45) is 11.5. The highest BCUT2D eigenvalue weighted by Gasteiger charge is 2.16. The molecule has 0 spiro atoms. The predicted octanol–water partition coefficient (Wildman–Crippen LogP) is 3.06. The molecule has 0 saturated carbocycles. The van der Waals surface area contributed by atoms with Crippen molar-refractivity contribution in [1.82, 2.24) is 9.80 Å². The fourth-order valence-corrected chi connectivity index (χ4v) is 2.83. The van der Waals surface area contributed by atoms with E-state index < -0.39 is 0 Å². The normalized spacial score (nSPS) is 16.8. The van der Waals surface area contributed by atoms with Crippen molar-refractivity contribution < 1.29 is 0 Å². The highest BCUT2D eigenvalue weighted by atomic mass is 32.1. The van der Waals surface area contributed by atoms with Gasteiger partial charge in [-0.05, 0) is 18.6 Å². The Balaban J connectivity index is 2.10. The van der Waals surface area contributed by atoms with Crippen molar-refractivity contribution in [3.8, 4) is 0 Å². The summed E-state index contributed by atoms with van der Waals surface area (Å²) < 4.78 is 0. The van der Waals surface area contributed by atoms with Gasteiger partial charge in [0.15, 0.2) is 0 Å². The lowest BCUT2D eigenvalue weighted by atomic mass is 10.3. The Hall–Kier alpha value is -2.01. The largest absolute Gasteiger partial charge is 0.384 e. The molecule has 5 heteroatoms. The number of allylic oxidation sites excluding steroid dienone is 3. The number of nitrogen functional groups attached to an aromatic ring is 1. The van der Waals surface area contributed by atoms with Gasteiger partial charge in [-0.2, -0.15) is 0 Å². The van der Waals surface area contributed by atoms with Crippen LogP contribution in [0.25, 0.3) is 0 Å². The van der Waals surface area contributed by atoms with Gasteiger partial charge in [0.25, 0.3) is 0 Å². The van der Waals surface area contributed by atoms with E-state index in [0.29, 0.717) is 0 Å². The van der Waals surface area contributed by atoms with Crippen LogP contribution in [-0.4, -0.2) is 22.7 Å². The number of rotatable bonds is 5. The fraction of sp³-hybridized carbons (Fsp3) is 0.267. The lowest BCUT2D eigenvalue weighted by molar-refractivity contribution is 0.390. The van der Waals surface area contributed by atoms with Crippen LogP contribution in [0.5, 0.6) is 0 Å². The smallest absolute Gasteiger partial charge is 0.123 e. The number of thiophene rings is 1. The van der Waals surface area contributed by atoms with Crippen molar-refractivity contribution in [3.05, 3.63) is 58.3 Å². The molecule has 0 atom stereocenters. The SMILES string of the molecule is CC/C=C/C=C1\N(C)C=CN1Cc1cc(C(=N)N)cs1. The molecule has 106 valence electrons. The first kappa shape index (κ1) is 14.4. The van der Waals surface area contributed by atoms with E-state index >= 15 is 0 Å². The number of hydrogen-bond acceptors (Lipinski definition) is 4. The molecule has 4 nitrogen and oxygen atoms in total. The van der Waals surface area contributed by atoms with E-state index in [9.17, 15) is 0 Å². The third-order valence-corrected chi connectivity index (χ3v) is 3.96. The summed E-state index contributed by atoms with van der Waals surface area (Å²) in [5.74, 6) is 1.27. The number of nitrogens with two attached hydrogens (primary N) is 1. The zero-order chi connectivity index (χ0) is 14.5. The van der Waals surface area contributed by atoms with E-state index in [-0.39, 0.29) is 5.84 Å². The predicted molar refractivity (Wildman–Crippen MR) is 85.3 cm³/mol. The zero-order valence-corrected chi connectivity index (χ0v) is 12.7. The molecule has 1 aromatic heterocycles.